The molecule has 0 fully saturated rings. The predicted octanol–water partition coefficient (Wildman–Crippen LogP) is 1.43. The molecular weight excluding hydrogens is 325 g/mol. The van der Waals surface area contributed by atoms with E-state index in [2.05, 4.69) is 16.0 Å². The van der Waals surface area contributed by atoms with Crippen LogP contribution >= 0.6 is 22.6 Å². The Morgan fingerprint density at radius 1 is 1.56 bits per heavy atom. The minimum Gasteiger partial charge on any atom is -0.444 e. The number of urea groups is 1. The first-order chi connectivity index (χ1) is 7.20. The lowest BCUT2D eigenvalue weighted by atomic mass is 10.2. The lowest BCUT2D eigenvalue weighted by molar-refractivity contribution is 0.0505. The maximum atomic E-state index is 11.5. The van der Waals surface area contributed by atoms with Gasteiger partial charge in [-0.25, -0.2) is 9.59 Å². The number of rotatable bonds is 1. The highest BCUT2D eigenvalue weighted by Crippen LogP contribution is 2.16. The van der Waals surface area contributed by atoms with Gasteiger partial charge in [-0.1, -0.05) is 0 Å². The van der Waals surface area contributed by atoms with Crippen LogP contribution in [0.2, 0.25) is 0 Å². The second-order valence-corrected chi connectivity index (χ2v) is 5.97. The summed E-state index contributed by atoms with van der Waals surface area (Å²) >= 11 is 1.90. The molecule has 0 spiro atoms. The number of halogens is 1. The van der Waals surface area contributed by atoms with E-state index >= 15 is 0 Å². The Kier molecular flexibility index (Phi) is 3.66. The van der Waals surface area contributed by atoms with E-state index < -0.39 is 15.4 Å². The molecule has 0 radical (unpaired) electrons. The molecule has 0 aromatic rings. The van der Waals surface area contributed by atoms with Crippen LogP contribution in [-0.4, -0.2) is 21.4 Å². The second-order valence-electron chi connectivity index (χ2n) is 4.27. The maximum absolute atomic E-state index is 11.5. The van der Waals surface area contributed by atoms with Crippen LogP contribution in [0.15, 0.2) is 12.3 Å². The highest BCUT2D eigenvalue weighted by molar-refractivity contribution is 14.1. The van der Waals surface area contributed by atoms with Crippen molar-refractivity contribution in [3.05, 3.63) is 12.3 Å². The summed E-state index contributed by atoms with van der Waals surface area (Å²) in [4.78, 5) is 22.6. The average molecular weight is 339 g/mol. The SMILES string of the molecule is CC(C)(C)OC(=O)NC1(I)C=CNC(=O)N1. The van der Waals surface area contributed by atoms with Gasteiger partial charge in [-0.15, -0.1) is 0 Å². The summed E-state index contributed by atoms with van der Waals surface area (Å²) in [5, 5.41) is 7.53. The Morgan fingerprint density at radius 2 is 2.19 bits per heavy atom. The van der Waals surface area contributed by atoms with E-state index in [-0.39, 0.29) is 6.03 Å². The van der Waals surface area contributed by atoms with Crippen molar-refractivity contribution in [1.82, 2.24) is 16.0 Å². The molecule has 0 aromatic heterocycles. The molecule has 0 bridgehead atoms. The summed E-state index contributed by atoms with van der Waals surface area (Å²) in [6, 6.07) is -0.382. The predicted molar refractivity (Wildman–Crippen MR) is 66.9 cm³/mol. The number of amides is 3. The zero-order valence-corrected chi connectivity index (χ0v) is 11.4. The molecular formula is C9H14IN3O3. The van der Waals surface area contributed by atoms with Crippen molar-refractivity contribution in [3.63, 3.8) is 0 Å². The van der Waals surface area contributed by atoms with Crippen LogP contribution < -0.4 is 16.0 Å². The van der Waals surface area contributed by atoms with Crippen LogP contribution in [-0.2, 0) is 4.74 Å². The van der Waals surface area contributed by atoms with Crippen LogP contribution in [0.4, 0.5) is 9.59 Å². The molecule has 16 heavy (non-hydrogen) atoms. The topological polar surface area (TPSA) is 79.5 Å². The summed E-state index contributed by atoms with van der Waals surface area (Å²) in [5.74, 6) is 0. The van der Waals surface area contributed by atoms with Gasteiger partial charge in [0.2, 0.25) is 0 Å². The highest BCUT2D eigenvalue weighted by Gasteiger charge is 2.31. The summed E-state index contributed by atoms with van der Waals surface area (Å²) in [7, 11) is 0. The zero-order chi connectivity index (χ0) is 12.4. The van der Waals surface area contributed by atoms with Crippen molar-refractivity contribution in [2.24, 2.45) is 0 Å². The molecule has 3 N–H and O–H groups in total. The Balaban J connectivity index is 2.59. The van der Waals surface area contributed by atoms with E-state index in [9.17, 15) is 9.59 Å². The molecule has 0 aromatic carbocycles. The van der Waals surface area contributed by atoms with Crippen molar-refractivity contribution in [1.29, 1.82) is 0 Å². The largest absolute Gasteiger partial charge is 0.444 e. The lowest BCUT2D eigenvalue weighted by Crippen LogP contribution is -2.59. The number of alkyl halides is 1. The minimum absolute atomic E-state index is 0.382. The number of hydrogen-bond donors (Lipinski definition) is 3. The summed E-state index contributed by atoms with van der Waals surface area (Å²) in [6.45, 7) is 5.30. The second kappa shape index (κ2) is 4.48. The molecule has 0 saturated carbocycles. The van der Waals surface area contributed by atoms with Gasteiger partial charge in [0.25, 0.3) is 0 Å². The monoisotopic (exact) mass is 339 g/mol. The number of nitrogens with one attached hydrogen (secondary N) is 3. The van der Waals surface area contributed by atoms with Gasteiger partial charge in [0, 0.05) is 6.20 Å². The quantitative estimate of drug-likeness (QED) is 0.384. The van der Waals surface area contributed by atoms with Crippen molar-refractivity contribution in [2.75, 3.05) is 0 Å². The minimum atomic E-state index is -0.956. The van der Waals surface area contributed by atoms with Crippen LogP contribution in [0.25, 0.3) is 0 Å². The number of ether oxygens (including phenoxy) is 1. The van der Waals surface area contributed by atoms with E-state index in [1.165, 1.54) is 6.20 Å². The van der Waals surface area contributed by atoms with E-state index in [1.807, 2.05) is 22.6 Å². The third kappa shape index (κ3) is 4.25. The number of carbonyl (C=O) groups excluding carboxylic acids is 2. The summed E-state index contributed by atoms with van der Waals surface area (Å²) in [5.41, 5.74) is -0.572. The molecule has 1 aliphatic heterocycles. The molecule has 1 heterocycles. The molecule has 1 aliphatic rings. The maximum Gasteiger partial charge on any atom is 0.410 e. The van der Waals surface area contributed by atoms with Gasteiger partial charge in [-0.2, -0.15) is 0 Å². The van der Waals surface area contributed by atoms with Gasteiger partial charge in [0.05, 0.1) is 0 Å². The smallest absolute Gasteiger partial charge is 0.410 e. The average Bonchev–Trinajstić information content (AvgIpc) is 1.96. The first kappa shape index (κ1) is 13.1. The number of alkyl carbamates (subject to hydrolysis) is 1. The van der Waals surface area contributed by atoms with E-state index in [0.29, 0.717) is 0 Å². The molecule has 1 atom stereocenters. The fraction of sp³-hybridized carbons (Fsp3) is 0.556. The highest BCUT2D eigenvalue weighted by atomic mass is 127. The van der Waals surface area contributed by atoms with Crippen LogP contribution in [0.5, 0.6) is 0 Å². The van der Waals surface area contributed by atoms with E-state index in [0.717, 1.165) is 0 Å². The van der Waals surface area contributed by atoms with E-state index in [4.69, 9.17) is 4.74 Å². The van der Waals surface area contributed by atoms with Crippen molar-refractivity contribution < 1.29 is 14.3 Å². The van der Waals surface area contributed by atoms with Crippen LogP contribution in [0, 0.1) is 0 Å². The molecule has 0 saturated heterocycles. The lowest BCUT2D eigenvalue weighted by Gasteiger charge is -2.30. The zero-order valence-electron chi connectivity index (χ0n) is 9.26. The van der Waals surface area contributed by atoms with Crippen molar-refractivity contribution in [2.45, 2.75) is 30.0 Å². The number of carbonyl (C=O) groups is 2. The third-order valence-corrected chi connectivity index (χ3v) is 2.40. The Bertz CT molecular complexity index is 337. The normalized spacial score (nSPS) is 24.4. The first-order valence-corrected chi connectivity index (χ1v) is 5.74. The van der Waals surface area contributed by atoms with Crippen molar-refractivity contribution in [3.8, 4) is 0 Å². The van der Waals surface area contributed by atoms with E-state index in [1.54, 1.807) is 26.8 Å². The van der Waals surface area contributed by atoms with Gasteiger partial charge in [-0.05, 0) is 49.4 Å². The summed E-state index contributed by atoms with van der Waals surface area (Å²) < 4.78 is 4.12. The molecule has 1 unspecified atom stereocenters. The number of hydrogen-bond acceptors (Lipinski definition) is 3. The van der Waals surface area contributed by atoms with Gasteiger partial charge < -0.3 is 15.4 Å². The molecule has 3 amide bonds. The fourth-order valence-corrected chi connectivity index (χ4v) is 1.65. The first-order valence-electron chi connectivity index (χ1n) is 4.67. The van der Waals surface area contributed by atoms with Gasteiger partial charge in [-0.3, -0.25) is 5.32 Å². The van der Waals surface area contributed by atoms with Crippen LogP contribution in [0.3, 0.4) is 0 Å². The molecule has 6 nitrogen and oxygen atoms in total. The Morgan fingerprint density at radius 3 is 2.69 bits per heavy atom. The Hall–Kier alpha value is -0.990. The fourth-order valence-electron chi connectivity index (χ4n) is 1.00. The van der Waals surface area contributed by atoms with Gasteiger partial charge in [0.1, 0.15) is 5.60 Å². The van der Waals surface area contributed by atoms with Crippen molar-refractivity contribution >= 4 is 34.7 Å². The standard InChI is InChI=1S/C9H14IN3O3/c1-8(2,3)16-7(15)13-9(10)4-5-11-6(14)12-9/h4-5H,1-3H3,(H,13,15)(H2,11,12,14). The Labute approximate surface area is 107 Å². The van der Waals surface area contributed by atoms with Gasteiger partial charge >= 0.3 is 12.1 Å². The van der Waals surface area contributed by atoms with Crippen LogP contribution in [0.1, 0.15) is 20.8 Å². The van der Waals surface area contributed by atoms with Gasteiger partial charge in [0.15, 0.2) is 3.67 Å². The molecule has 90 valence electrons. The molecule has 1 rings (SSSR count). The molecule has 7 heteroatoms. The third-order valence-electron chi connectivity index (χ3n) is 1.51. The summed E-state index contributed by atoms with van der Waals surface area (Å²) in [6.07, 6.45) is 2.48. The molecule has 0 aliphatic carbocycles.